The van der Waals surface area contributed by atoms with E-state index in [1.54, 1.807) is 37.4 Å². The van der Waals surface area contributed by atoms with Crippen LogP contribution in [0.25, 0.3) is 16.9 Å². The monoisotopic (exact) mass is 440 g/mol. The van der Waals surface area contributed by atoms with Gasteiger partial charge in [-0.15, -0.1) is 0 Å². The summed E-state index contributed by atoms with van der Waals surface area (Å²) in [7, 11) is 1.58. The predicted octanol–water partition coefficient (Wildman–Crippen LogP) is 4.40. The molecule has 0 unspecified atom stereocenters. The SMILES string of the molecule is COc1ccc(CCNC(=O)c2cnn3c(C(F)(F)F)cc(-c4ccccc4)nc23)cc1. The fraction of sp³-hybridized carbons (Fsp3) is 0.174. The fourth-order valence-electron chi connectivity index (χ4n) is 3.29. The van der Waals surface area contributed by atoms with Crippen molar-refractivity contribution in [1.82, 2.24) is 19.9 Å². The molecule has 4 aromatic rings. The minimum atomic E-state index is -4.67. The third-order valence-corrected chi connectivity index (χ3v) is 4.93. The normalized spacial score (nSPS) is 11.5. The predicted molar refractivity (Wildman–Crippen MR) is 112 cm³/mol. The van der Waals surface area contributed by atoms with Crippen LogP contribution in [0.5, 0.6) is 5.75 Å². The summed E-state index contributed by atoms with van der Waals surface area (Å²) >= 11 is 0. The molecule has 0 radical (unpaired) electrons. The maximum absolute atomic E-state index is 13.7. The molecule has 2 aromatic heterocycles. The number of nitrogens with zero attached hydrogens (tertiary/aromatic N) is 3. The van der Waals surface area contributed by atoms with Crippen molar-refractivity contribution in [2.45, 2.75) is 12.6 Å². The molecule has 164 valence electrons. The van der Waals surface area contributed by atoms with Crippen molar-refractivity contribution in [3.05, 3.63) is 83.7 Å². The molecule has 0 saturated heterocycles. The number of fused-ring (bicyclic) bond motifs is 1. The highest BCUT2D eigenvalue weighted by atomic mass is 19.4. The second-order valence-corrected chi connectivity index (χ2v) is 7.04. The Morgan fingerprint density at radius 1 is 1.09 bits per heavy atom. The van der Waals surface area contributed by atoms with Crippen molar-refractivity contribution >= 4 is 11.6 Å². The van der Waals surface area contributed by atoms with Crippen LogP contribution in [0, 0.1) is 0 Å². The molecule has 4 rings (SSSR count). The molecule has 32 heavy (non-hydrogen) atoms. The van der Waals surface area contributed by atoms with Crippen LogP contribution < -0.4 is 10.1 Å². The van der Waals surface area contributed by atoms with Gasteiger partial charge in [0, 0.05) is 12.1 Å². The number of amides is 1. The first-order valence-electron chi connectivity index (χ1n) is 9.79. The minimum absolute atomic E-state index is 0.0250. The number of hydrogen-bond acceptors (Lipinski definition) is 4. The van der Waals surface area contributed by atoms with Gasteiger partial charge >= 0.3 is 6.18 Å². The van der Waals surface area contributed by atoms with Gasteiger partial charge in [-0.3, -0.25) is 4.79 Å². The number of benzene rings is 2. The quantitative estimate of drug-likeness (QED) is 0.483. The Hall–Kier alpha value is -3.88. The molecule has 1 N–H and O–H groups in total. The van der Waals surface area contributed by atoms with Gasteiger partial charge in [-0.2, -0.15) is 18.3 Å². The maximum Gasteiger partial charge on any atom is 0.433 e. The summed E-state index contributed by atoms with van der Waals surface area (Å²) in [6, 6.07) is 16.8. The van der Waals surface area contributed by atoms with E-state index in [9.17, 15) is 18.0 Å². The van der Waals surface area contributed by atoms with Gasteiger partial charge in [0.1, 0.15) is 11.3 Å². The summed E-state index contributed by atoms with van der Waals surface area (Å²) in [5.74, 6) is 0.184. The Bertz CT molecular complexity index is 1240. The van der Waals surface area contributed by atoms with Gasteiger partial charge in [0.2, 0.25) is 0 Å². The highest BCUT2D eigenvalue weighted by molar-refractivity contribution is 5.99. The zero-order valence-corrected chi connectivity index (χ0v) is 17.1. The van der Waals surface area contributed by atoms with Crippen molar-refractivity contribution < 1.29 is 22.7 Å². The summed E-state index contributed by atoms with van der Waals surface area (Å²) < 4.78 is 46.8. The number of ether oxygens (including phenoxy) is 1. The van der Waals surface area contributed by atoms with E-state index in [0.29, 0.717) is 23.0 Å². The van der Waals surface area contributed by atoms with Gasteiger partial charge in [-0.05, 0) is 30.2 Å². The maximum atomic E-state index is 13.7. The van der Waals surface area contributed by atoms with Crippen LogP contribution in [0.2, 0.25) is 0 Å². The molecule has 0 atom stereocenters. The van der Waals surface area contributed by atoms with Crippen molar-refractivity contribution in [1.29, 1.82) is 0 Å². The van der Waals surface area contributed by atoms with Gasteiger partial charge in [0.15, 0.2) is 11.3 Å². The molecule has 2 heterocycles. The number of methoxy groups -OCH3 is 1. The number of carbonyl (C=O) groups excluding carboxylic acids is 1. The van der Waals surface area contributed by atoms with Crippen LogP contribution in [0.3, 0.4) is 0 Å². The molecule has 2 aromatic carbocycles. The Kier molecular flexibility index (Phi) is 5.81. The summed E-state index contributed by atoms with van der Waals surface area (Å²) in [4.78, 5) is 17.0. The first-order chi connectivity index (χ1) is 15.4. The number of hydrogen-bond donors (Lipinski definition) is 1. The number of aromatic nitrogens is 3. The lowest BCUT2D eigenvalue weighted by molar-refractivity contribution is -0.142. The van der Waals surface area contributed by atoms with E-state index in [0.717, 1.165) is 23.6 Å². The Morgan fingerprint density at radius 2 is 1.81 bits per heavy atom. The Labute approximate surface area is 181 Å². The summed E-state index contributed by atoms with van der Waals surface area (Å²) in [6.45, 7) is 0.299. The molecule has 9 heteroatoms. The third-order valence-electron chi connectivity index (χ3n) is 4.93. The van der Waals surface area contributed by atoms with E-state index in [1.165, 1.54) is 0 Å². The molecule has 6 nitrogen and oxygen atoms in total. The number of halogens is 3. The zero-order valence-electron chi connectivity index (χ0n) is 17.1. The van der Waals surface area contributed by atoms with Gasteiger partial charge in [0.25, 0.3) is 5.91 Å². The van der Waals surface area contributed by atoms with Crippen LogP contribution in [0.1, 0.15) is 21.6 Å². The van der Waals surface area contributed by atoms with Gasteiger partial charge in [0.05, 0.1) is 19.0 Å². The molecule has 0 bridgehead atoms. The highest BCUT2D eigenvalue weighted by Gasteiger charge is 2.36. The van der Waals surface area contributed by atoms with Crippen LogP contribution in [-0.4, -0.2) is 34.2 Å². The summed E-state index contributed by atoms with van der Waals surface area (Å²) in [5.41, 5.74) is 0.419. The lowest BCUT2D eigenvalue weighted by Gasteiger charge is -2.11. The second-order valence-electron chi connectivity index (χ2n) is 7.04. The fourth-order valence-corrected chi connectivity index (χ4v) is 3.29. The molecule has 0 spiro atoms. The smallest absolute Gasteiger partial charge is 0.433 e. The van der Waals surface area contributed by atoms with Crippen LogP contribution in [0.15, 0.2) is 66.9 Å². The molecule has 0 aliphatic heterocycles. The zero-order chi connectivity index (χ0) is 22.7. The Morgan fingerprint density at radius 3 is 2.47 bits per heavy atom. The largest absolute Gasteiger partial charge is 0.497 e. The summed E-state index contributed by atoms with van der Waals surface area (Å²) in [6.07, 6.45) is -3.01. The minimum Gasteiger partial charge on any atom is -0.497 e. The lowest BCUT2D eigenvalue weighted by Crippen LogP contribution is -2.26. The van der Waals surface area contributed by atoms with Crippen molar-refractivity contribution in [2.24, 2.45) is 0 Å². The van der Waals surface area contributed by atoms with Crippen LogP contribution in [-0.2, 0) is 12.6 Å². The highest BCUT2D eigenvalue weighted by Crippen LogP contribution is 2.32. The Balaban J connectivity index is 1.61. The van der Waals surface area contributed by atoms with Crippen molar-refractivity contribution in [2.75, 3.05) is 13.7 Å². The van der Waals surface area contributed by atoms with Gasteiger partial charge in [-0.25, -0.2) is 9.50 Å². The molecule has 0 aliphatic carbocycles. The van der Waals surface area contributed by atoms with E-state index in [1.807, 2.05) is 24.3 Å². The van der Waals surface area contributed by atoms with E-state index in [4.69, 9.17) is 4.74 Å². The van der Waals surface area contributed by atoms with E-state index in [2.05, 4.69) is 15.4 Å². The van der Waals surface area contributed by atoms with Crippen molar-refractivity contribution in [3.63, 3.8) is 0 Å². The van der Waals surface area contributed by atoms with E-state index in [-0.39, 0.29) is 16.9 Å². The number of nitrogens with one attached hydrogen (secondary N) is 1. The molecular weight excluding hydrogens is 421 g/mol. The molecule has 0 aliphatic rings. The van der Waals surface area contributed by atoms with E-state index >= 15 is 0 Å². The average molecular weight is 440 g/mol. The molecule has 0 saturated carbocycles. The topological polar surface area (TPSA) is 68.5 Å². The van der Waals surface area contributed by atoms with E-state index < -0.39 is 17.8 Å². The van der Waals surface area contributed by atoms with Gasteiger partial charge in [-0.1, -0.05) is 42.5 Å². The first-order valence-corrected chi connectivity index (χ1v) is 9.79. The molecule has 0 fully saturated rings. The molecular formula is C23H19F3N4O2. The van der Waals surface area contributed by atoms with Crippen LogP contribution in [0.4, 0.5) is 13.2 Å². The molecule has 1 amide bonds. The number of alkyl halides is 3. The number of carbonyl (C=O) groups is 1. The first kappa shape index (κ1) is 21.4. The van der Waals surface area contributed by atoms with Crippen LogP contribution >= 0.6 is 0 Å². The average Bonchev–Trinajstić information content (AvgIpc) is 3.23. The van der Waals surface area contributed by atoms with Gasteiger partial charge < -0.3 is 10.1 Å². The second kappa shape index (κ2) is 8.70. The number of rotatable bonds is 6. The summed E-state index contributed by atoms with van der Waals surface area (Å²) in [5, 5.41) is 6.51. The van der Waals surface area contributed by atoms with Crippen molar-refractivity contribution in [3.8, 4) is 17.0 Å². The third kappa shape index (κ3) is 4.41. The lowest BCUT2D eigenvalue weighted by atomic mass is 10.1. The standard InChI is InChI=1S/C23H19F3N4O2/c1-32-17-9-7-15(8-10-17)11-12-27-22(31)18-14-28-30-20(23(24,25)26)13-19(29-21(18)30)16-5-3-2-4-6-16/h2-10,13-14H,11-12H2,1H3,(H,27,31).